The number of anilines is 1. The van der Waals surface area contributed by atoms with Crippen LogP contribution in [0.4, 0.5) is 5.95 Å². The maximum absolute atomic E-state index is 12.3. The zero-order valence-electron chi connectivity index (χ0n) is 14.6. The van der Waals surface area contributed by atoms with Crippen LogP contribution in [0.15, 0.2) is 42.9 Å². The van der Waals surface area contributed by atoms with Gasteiger partial charge in [-0.2, -0.15) is 0 Å². The van der Waals surface area contributed by atoms with Crippen molar-refractivity contribution in [2.75, 3.05) is 18.0 Å². The molecule has 3 heterocycles. The zero-order valence-corrected chi connectivity index (χ0v) is 14.6. The summed E-state index contributed by atoms with van der Waals surface area (Å²) in [4.78, 5) is 27.8. The first-order chi connectivity index (χ1) is 12.8. The number of fused-ring (bicyclic) bond motifs is 1. The second-order valence-corrected chi connectivity index (χ2v) is 6.53. The highest BCUT2D eigenvalue weighted by atomic mass is 16.1. The number of aromatic nitrogens is 4. The van der Waals surface area contributed by atoms with E-state index in [1.165, 1.54) is 19.3 Å². The van der Waals surface area contributed by atoms with Gasteiger partial charge in [0.1, 0.15) is 6.54 Å². The molecule has 1 amide bonds. The summed E-state index contributed by atoms with van der Waals surface area (Å²) in [5, 5.41) is 2.94. The fourth-order valence-electron chi connectivity index (χ4n) is 3.27. The molecule has 1 aliphatic rings. The van der Waals surface area contributed by atoms with Gasteiger partial charge in [-0.15, -0.1) is 0 Å². The minimum Gasteiger partial charge on any atom is -0.349 e. The van der Waals surface area contributed by atoms with Gasteiger partial charge < -0.3 is 14.8 Å². The molecule has 1 aliphatic heterocycles. The highest BCUT2D eigenvalue weighted by Gasteiger charge is 2.14. The highest BCUT2D eigenvalue weighted by Crippen LogP contribution is 2.15. The quantitative estimate of drug-likeness (QED) is 0.763. The van der Waals surface area contributed by atoms with Gasteiger partial charge in [-0.05, 0) is 37.5 Å². The molecule has 7 nitrogen and oxygen atoms in total. The third-order valence-corrected chi connectivity index (χ3v) is 4.65. The molecule has 4 rings (SSSR count). The first-order valence-corrected chi connectivity index (χ1v) is 9.03. The van der Waals surface area contributed by atoms with Crippen LogP contribution in [0.25, 0.3) is 11.0 Å². The van der Waals surface area contributed by atoms with E-state index >= 15 is 0 Å². The molecule has 134 valence electrons. The maximum atomic E-state index is 12.3. The SMILES string of the molecule is O=C(Cn1cnc2ccccc21)NCc1ccnc(N2CCCCC2)n1. The Morgan fingerprint density at radius 3 is 2.81 bits per heavy atom. The van der Waals surface area contributed by atoms with Gasteiger partial charge in [-0.3, -0.25) is 4.79 Å². The van der Waals surface area contributed by atoms with Crippen LogP contribution in [0.3, 0.4) is 0 Å². The minimum atomic E-state index is -0.0636. The van der Waals surface area contributed by atoms with Crippen LogP contribution < -0.4 is 10.2 Å². The summed E-state index contributed by atoms with van der Waals surface area (Å²) < 4.78 is 1.85. The van der Waals surface area contributed by atoms with Crippen molar-refractivity contribution in [1.82, 2.24) is 24.8 Å². The van der Waals surface area contributed by atoms with Crippen molar-refractivity contribution in [1.29, 1.82) is 0 Å². The van der Waals surface area contributed by atoms with E-state index < -0.39 is 0 Å². The summed E-state index contributed by atoms with van der Waals surface area (Å²) in [5.74, 6) is 0.698. The number of nitrogens with zero attached hydrogens (tertiary/aromatic N) is 5. The molecule has 0 radical (unpaired) electrons. The molecule has 0 unspecified atom stereocenters. The van der Waals surface area contributed by atoms with Crippen molar-refractivity contribution in [3.8, 4) is 0 Å². The second-order valence-electron chi connectivity index (χ2n) is 6.53. The van der Waals surface area contributed by atoms with Gasteiger partial charge in [0.2, 0.25) is 11.9 Å². The molecule has 1 aromatic carbocycles. The number of nitrogens with one attached hydrogen (secondary N) is 1. The van der Waals surface area contributed by atoms with Crippen molar-refractivity contribution in [2.45, 2.75) is 32.4 Å². The molecule has 26 heavy (non-hydrogen) atoms. The number of para-hydroxylation sites is 2. The number of carbonyl (C=O) groups excluding carboxylic acids is 1. The van der Waals surface area contributed by atoms with Crippen molar-refractivity contribution in [3.63, 3.8) is 0 Å². The lowest BCUT2D eigenvalue weighted by atomic mass is 10.1. The van der Waals surface area contributed by atoms with Gasteiger partial charge in [0.05, 0.1) is 29.6 Å². The molecule has 0 spiro atoms. The summed E-state index contributed by atoms with van der Waals surface area (Å²) in [6.45, 7) is 2.65. The number of benzene rings is 1. The number of amides is 1. The number of carbonyl (C=O) groups is 1. The Bertz CT molecular complexity index is 900. The van der Waals surface area contributed by atoms with Gasteiger partial charge in [0, 0.05) is 19.3 Å². The molecule has 0 atom stereocenters. The number of hydrogen-bond acceptors (Lipinski definition) is 5. The van der Waals surface area contributed by atoms with E-state index in [4.69, 9.17) is 0 Å². The van der Waals surface area contributed by atoms with E-state index in [9.17, 15) is 4.79 Å². The Kier molecular flexibility index (Phi) is 4.77. The molecule has 0 bridgehead atoms. The minimum absolute atomic E-state index is 0.0636. The molecule has 1 fully saturated rings. The molecule has 0 saturated carbocycles. The smallest absolute Gasteiger partial charge is 0.240 e. The molecule has 0 aliphatic carbocycles. The predicted octanol–water partition coefficient (Wildman–Crippen LogP) is 2.13. The van der Waals surface area contributed by atoms with Gasteiger partial charge in [-0.1, -0.05) is 12.1 Å². The van der Waals surface area contributed by atoms with E-state index in [0.717, 1.165) is 35.8 Å². The summed E-state index contributed by atoms with van der Waals surface area (Å²) in [5.41, 5.74) is 2.67. The van der Waals surface area contributed by atoms with Crippen LogP contribution in [-0.4, -0.2) is 38.5 Å². The van der Waals surface area contributed by atoms with Gasteiger partial charge >= 0.3 is 0 Å². The monoisotopic (exact) mass is 350 g/mol. The van der Waals surface area contributed by atoms with Crippen LogP contribution in [0.5, 0.6) is 0 Å². The van der Waals surface area contributed by atoms with Crippen LogP contribution in [0.2, 0.25) is 0 Å². The van der Waals surface area contributed by atoms with Crippen LogP contribution in [0.1, 0.15) is 25.0 Å². The molecular weight excluding hydrogens is 328 g/mol. The Balaban J connectivity index is 1.37. The highest BCUT2D eigenvalue weighted by molar-refractivity contribution is 5.80. The van der Waals surface area contributed by atoms with Crippen LogP contribution in [-0.2, 0) is 17.9 Å². The number of piperidine rings is 1. The Morgan fingerprint density at radius 2 is 1.92 bits per heavy atom. The molecular formula is C19H22N6O. The third kappa shape index (κ3) is 3.66. The average molecular weight is 350 g/mol. The van der Waals surface area contributed by atoms with E-state index in [-0.39, 0.29) is 12.5 Å². The Labute approximate surface area is 152 Å². The first-order valence-electron chi connectivity index (χ1n) is 9.03. The second kappa shape index (κ2) is 7.51. The molecule has 7 heteroatoms. The molecule has 1 N–H and O–H groups in total. The fraction of sp³-hybridized carbons (Fsp3) is 0.368. The summed E-state index contributed by atoms with van der Waals surface area (Å²) >= 11 is 0. The van der Waals surface area contributed by atoms with Gasteiger partial charge in [0.15, 0.2) is 0 Å². The van der Waals surface area contributed by atoms with Crippen molar-refractivity contribution >= 4 is 22.9 Å². The maximum Gasteiger partial charge on any atom is 0.240 e. The largest absolute Gasteiger partial charge is 0.349 e. The van der Waals surface area contributed by atoms with Crippen LogP contribution >= 0.6 is 0 Å². The van der Waals surface area contributed by atoms with E-state index in [2.05, 4.69) is 25.2 Å². The first kappa shape index (κ1) is 16.5. The van der Waals surface area contributed by atoms with Crippen molar-refractivity contribution in [3.05, 3.63) is 48.5 Å². The summed E-state index contributed by atoms with van der Waals surface area (Å²) in [6, 6.07) is 9.63. The van der Waals surface area contributed by atoms with Gasteiger partial charge in [-0.25, -0.2) is 15.0 Å². The van der Waals surface area contributed by atoms with E-state index in [1.54, 1.807) is 12.5 Å². The van der Waals surface area contributed by atoms with Crippen molar-refractivity contribution < 1.29 is 4.79 Å². The van der Waals surface area contributed by atoms with E-state index in [0.29, 0.717) is 6.54 Å². The predicted molar refractivity (Wildman–Crippen MR) is 99.7 cm³/mol. The standard InChI is InChI=1S/C19H22N6O/c26-18(13-25-14-22-16-6-2-3-7-17(16)25)21-12-15-8-9-20-19(23-15)24-10-4-1-5-11-24/h2-3,6-9,14H,1,4-5,10-13H2,(H,21,26). The fourth-order valence-corrected chi connectivity index (χ4v) is 3.27. The Morgan fingerprint density at radius 1 is 1.08 bits per heavy atom. The lowest BCUT2D eigenvalue weighted by Crippen LogP contribution is -2.31. The summed E-state index contributed by atoms with van der Waals surface area (Å²) in [7, 11) is 0. The molecule has 2 aromatic heterocycles. The van der Waals surface area contributed by atoms with Gasteiger partial charge in [0.25, 0.3) is 0 Å². The zero-order chi connectivity index (χ0) is 17.8. The summed E-state index contributed by atoms with van der Waals surface area (Å²) in [6.07, 6.45) is 7.10. The normalized spacial score (nSPS) is 14.5. The molecule has 3 aromatic rings. The lowest BCUT2D eigenvalue weighted by Gasteiger charge is -2.26. The van der Waals surface area contributed by atoms with Crippen LogP contribution in [0, 0.1) is 0 Å². The lowest BCUT2D eigenvalue weighted by molar-refractivity contribution is -0.121. The van der Waals surface area contributed by atoms with E-state index in [1.807, 2.05) is 34.9 Å². The third-order valence-electron chi connectivity index (χ3n) is 4.65. The number of hydrogen-bond donors (Lipinski definition) is 1. The Hall–Kier alpha value is -2.96. The topological polar surface area (TPSA) is 75.9 Å². The average Bonchev–Trinajstić information content (AvgIpc) is 3.10. The number of imidazole rings is 1. The van der Waals surface area contributed by atoms with Crippen molar-refractivity contribution in [2.24, 2.45) is 0 Å². The number of rotatable bonds is 5. The molecule has 1 saturated heterocycles.